The molecule has 1 aromatic heterocycles. The van der Waals surface area contributed by atoms with Crippen molar-refractivity contribution in [2.24, 2.45) is 0 Å². The topological polar surface area (TPSA) is 51.2 Å². The fourth-order valence-corrected chi connectivity index (χ4v) is 2.73. The summed E-state index contributed by atoms with van der Waals surface area (Å²) in [4.78, 5) is 16.3. The third-order valence-corrected chi connectivity index (χ3v) is 4.13. The maximum atomic E-state index is 12.0. The second-order valence-corrected chi connectivity index (χ2v) is 6.18. The number of nitrogens with one attached hydrogen (secondary N) is 1. The number of carbonyl (C=O) groups is 1. The van der Waals surface area contributed by atoms with E-state index in [-0.39, 0.29) is 17.3 Å². The van der Waals surface area contributed by atoms with Crippen LogP contribution in [-0.2, 0) is 9.53 Å². The Kier molecular flexibility index (Phi) is 5.22. The number of amides is 1. The van der Waals surface area contributed by atoms with E-state index in [9.17, 15) is 4.79 Å². The lowest BCUT2D eigenvalue weighted by Gasteiger charge is -2.14. The van der Waals surface area contributed by atoms with Gasteiger partial charge in [0.1, 0.15) is 0 Å². The zero-order chi connectivity index (χ0) is 13.7. The molecule has 2 heterocycles. The highest BCUT2D eigenvalue weighted by Gasteiger charge is 2.19. The van der Waals surface area contributed by atoms with Crippen LogP contribution in [-0.4, -0.2) is 35.4 Å². The van der Waals surface area contributed by atoms with Crippen LogP contribution in [0.3, 0.4) is 0 Å². The third kappa shape index (κ3) is 4.51. The van der Waals surface area contributed by atoms with Crippen LogP contribution in [0.5, 0.6) is 0 Å². The number of ether oxygens (including phenoxy) is 1. The predicted octanol–water partition coefficient (Wildman–Crippen LogP) is 2.17. The van der Waals surface area contributed by atoms with Gasteiger partial charge in [0.2, 0.25) is 5.91 Å². The number of pyridine rings is 1. The van der Waals surface area contributed by atoms with Crippen LogP contribution in [0.25, 0.3) is 0 Å². The van der Waals surface area contributed by atoms with E-state index < -0.39 is 0 Å². The van der Waals surface area contributed by atoms with Crippen molar-refractivity contribution in [2.75, 3.05) is 13.2 Å². The summed E-state index contributed by atoms with van der Waals surface area (Å²) in [6, 6.07) is 3.95. The first-order chi connectivity index (χ1) is 9.15. The van der Waals surface area contributed by atoms with Gasteiger partial charge in [-0.1, -0.05) is 17.8 Å². The summed E-state index contributed by atoms with van der Waals surface area (Å²) in [6.45, 7) is 5.33. The lowest BCUT2D eigenvalue weighted by atomic mass is 10.2. The van der Waals surface area contributed by atoms with Crippen molar-refractivity contribution in [3.63, 3.8) is 0 Å². The van der Waals surface area contributed by atoms with Gasteiger partial charge in [0.15, 0.2) is 0 Å². The van der Waals surface area contributed by atoms with Gasteiger partial charge in [-0.15, -0.1) is 0 Å². The summed E-state index contributed by atoms with van der Waals surface area (Å²) in [6.07, 6.45) is 4.15. The molecule has 1 amide bonds. The molecule has 1 N–H and O–H groups in total. The Morgan fingerprint density at radius 3 is 3.11 bits per heavy atom. The molecule has 0 saturated carbocycles. The molecule has 0 aromatic carbocycles. The van der Waals surface area contributed by atoms with Crippen LogP contribution in [0.15, 0.2) is 23.4 Å². The highest BCUT2D eigenvalue weighted by atomic mass is 32.2. The molecule has 2 rings (SSSR count). The van der Waals surface area contributed by atoms with Crippen LogP contribution in [0, 0.1) is 6.92 Å². The summed E-state index contributed by atoms with van der Waals surface area (Å²) in [7, 11) is 0. The van der Waals surface area contributed by atoms with E-state index in [2.05, 4.69) is 10.3 Å². The number of aromatic nitrogens is 1. The Hall–Kier alpha value is -1.07. The van der Waals surface area contributed by atoms with Gasteiger partial charge in [0.25, 0.3) is 0 Å². The molecule has 4 nitrogen and oxygen atoms in total. The first-order valence-electron chi connectivity index (χ1n) is 6.64. The molecule has 0 aliphatic carbocycles. The van der Waals surface area contributed by atoms with Crippen molar-refractivity contribution < 1.29 is 9.53 Å². The van der Waals surface area contributed by atoms with Crippen molar-refractivity contribution >= 4 is 17.7 Å². The monoisotopic (exact) mass is 280 g/mol. The van der Waals surface area contributed by atoms with Gasteiger partial charge < -0.3 is 10.1 Å². The minimum Gasteiger partial charge on any atom is -0.376 e. The summed E-state index contributed by atoms with van der Waals surface area (Å²) in [5.74, 6) is 0.0443. The zero-order valence-electron chi connectivity index (χ0n) is 11.4. The van der Waals surface area contributed by atoms with Gasteiger partial charge in [-0.25, -0.2) is 4.98 Å². The van der Waals surface area contributed by atoms with Crippen molar-refractivity contribution in [3.05, 3.63) is 23.9 Å². The molecule has 1 saturated heterocycles. The number of rotatable bonds is 5. The molecule has 1 aliphatic rings. The van der Waals surface area contributed by atoms with E-state index in [1.807, 2.05) is 32.2 Å². The number of aryl methyl sites for hydroxylation is 1. The molecular weight excluding hydrogens is 260 g/mol. The van der Waals surface area contributed by atoms with E-state index in [1.54, 1.807) is 0 Å². The van der Waals surface area contributed by atoms with Crippen LogP contribution >= 0.6 is 11.8 Å². The molecular formula is C14H20N2O2S. The maximum Gasteiger partial charge on any atom is 0.233 e. The van der Waals surface area contributed by atoms with Crippen molar-refractivity contribution in [2.45, 2.75) is 43.1 Å². The minimum atomic E-state index is -0.142. The SMILES string of the molecule is Cc1ccc(SC(C)C(=O)NCC2CCCO2)nc1. The first-order valence-corrected chi connectivity index (χ1v) is 7.52. The van der Waals surface area contributed by atoms with Crippen LogP contribution in [0.4, 0.5) is 0 Å². The van der Waals surface area contributed by atoms with Gasteiger partial charge in [-0.2, -0.15) is 0 Å². The second-order valence-electron chi connectivity index (χ2n) is 4.81. The van der Waals surface area contributed by atoms with Crippen molar-refractivity contribution in [1.29, 1.82) is 0 Å². The average Bonchev–Trinajstić information content (AvgIpc) is 2.91. The smallest absolute Gasteiger partial charge is 0.233 e. The van der Waals surface area contributed by atoms with Crippen LogP contribution < -0.4 is 5.32 Å². The largest absolute Gasteiger partial charge is 0.376 e. The number of thioether (sulfide) groups is 1. The maximum absolute atomic E-state index is 12.0. The Balaban J connectivity index is 1.76. The van der Waals surface area contributed by atoms with Gasteiger partial charge in [0, 0.05) is 19.3 Å². The molecule has 0 bridgehead atoms. The highest BCUT2D eigenvalue weighted by molar-refractivity contribution is 8.00. The molecule has 104 valence electrons. The fourth-order valence-electron chi connectivity index (χ4n) is 1.92. The number of nitrogens with zero attached hydrogens (tertiary/aromatic N) is 1. The van der Waals surface area contributed by atoms with Gasteiger partial charge in [0.05, 0.1) is 16.4 Å². The number of carbonyl (C=O) groups excluding carboxylic acids is 1. The number of hydrogen-bond donors (Lipinski definition) is 1. The van der Waals surface area contributed by atoms with Gasteiger partial charge in [-0.3, -0.25) is 4.79 Å². The average molecular weight is 280 g/mol. The second kappa shape index (κ2) is 6.91. The van der Waals surface area contributed by atoms with E-state index in [4.69, 9.17) is 4.74 Å². The standard InChI is InChI=1S/C14H20N2O2S/c1-10-5-6-13(15-8-10)19-11(2)14(17)16-9-12-4-3-7-18-12/h5-6,8,11-12H,3-4,7,9H2,1-2H3,(H,16,17). The van der Waals surface area contributed by atoms with E-state index >= 15 is 0 Å². The Morgan fingerprint density at radius 1 is 1.63 bits per heavy atom. The van der Waals surface area contributed by atoms with E-state index in [0.29, 0.717) is 6.54 Å². The zero-order valence-corrected chi connectivity index (χ0v) is 12.2. The fraction of sp³-hybridized carbons (Fsp3) is 0.571. The molecule has 1 fully saturated rings. The van der Waals surface area contributed by atoms with Gasteiger partial charge >= 0.3 is 0 Å². The van der Waals surface area contributed by atoms with Crippen molar-refractivity contribution in [3.8, 4) is 0 Å². The number of hydrogen-bond acceptors (Lipinski definition) is 4. The van der Waals surface area contributed by atoms with E-state index in [1.165, 1.54) is 11.8 Å². The summed E-state index contributed by atoms with van der Waals surface area (Å²) >= 11 is 1.48. The molecule has 19 heavy (non-hydrogen) atoms. The summed E-state index contributed by atoms with van der Waals surface area (Å²) in [5, 5.41) is 3.68. The molecule has 1 aromatic rings. The lowest BCUT2D eigenvalue weighted by Crippen LogP contribution is -2.36. The van der Waals surface area contributed by atoms with Crippen LogP contribution in [0.1, 0.15) is 25.3 Å². The van der Waals surface area contributed by atoms with E-state index in [0.717, 1.165) is 30.0 Å². The van der Waals surface area contributed by atoms with Crippen molar-refractivity contribution in [1.82, 2.24) is 10.3 Å². The quantitative estimate of drug-likeness (QED) is 0.840. The van der Waals surface area contributed by atoms with Crippen LogP contribution in [0.2, 0.25) is 0 Å². The Morgan fingerprint density at radius 2 is 2.47 bits per heavy atom. The molecule has 0 spiro atoms. The highest BCUT2D eigenvalue weighted by Crippen LogP contribution is 2.21. The minimum absolute atomic E-state index is 0.0443. The Labute approximate surface area is 118 Å². The molecule has 1 aliphatic heterocycles. The molecule has 2 atom stereocenters. The van der Waals surface area contributed by atoms with Gasteiger partial charge in [-0.05, 0) is 38.3 Å². The first kappa shape index (κ1) is 14.3. The normalized spacial score (nSPS) is 20.2. The summed E-state index contributed by atoms with van der Waals surface area (Å²) in [5.41, 5.74) is 1.12. The summed E-state index contributed by atoms with van der Waals surface area (Å²) < 4.78 is 5.48. The Bertz CT molecular complexity index is 416. The third-order valence-electron chi connectivity index (χ3n) is 3.08. The predicted molar refractivity (Wildman–Crippen MR) is 76.3 cm³/mol. The lowest BCUT2D eigenvalue weighted by molar-refractivity contribution is -0.120. The molecule has 0 radical (unpaired) electrons. The molecule has 2 unspecified atom stereocenters. The molecule has 5 heteroatoms.